The van der Waals surface area contributed by atoms with Crippen LogP contribution in [0.5, 0.6) is 0 Å². The van der Waals surface area contributed by atoms with Gasteiger partial charge in [0.25, 0.3) is 0 Å². The zero-order valence-corrected chi connectivity index (χ0v) is 9.24. The summed E-state index contributed by atoms with van der Waals surface area (Å²) >= 11 is 0. The Labute approximate surface area is 90.3 Å². The van der Waals surface area contributed by atoms with Crippen LogP contribution < -0.4 is 0 Å². The number of nitrogens with zero attached hydrogens (tertiary/aromatic N) is 2. The maximum atomic E-state index is 8.96. The van der Waals surface area contributed by atoms with Crippen molar-refractivity contribution in [3.8, 4) is 0 Å². The Kier molecular flexibility index (Phi) is 3.07. The Bertz CT molecular complexity index is 297. The molecule has 1 aliphatic rings. The minimum absolute atomic E-state index is 0.171. The third kappa shape index (κ3) is 2.21. The van der Waals surface area contributed by atoms with Crippen LogP contribution in [0, 0.1) is 0 Å². The number of H-pyrrole nitrogens is 1. The van der Waals surface area contributed by atoms with Crippen LogP contribution in [0.4, 0.5) is 0 Å². The number of likely N-dealkylation sites (tertiary alicyclic amines) is 1. The molecule has 2 heterocycles. The highest BCUT2D eigenvalue weighted by Crippen LogP contribution is 2.31. The number of aliphatic hydroxyl groups is 1. The fourth-order valence-electron chi connectivity index (χ4n) is 2.49. The Morgan fingerprint density at radius 1 is 1.67 bits per heavy atom. The third-order valence-electron chi connectivity index (χ3n) is 3.34. The molecular formula is C11H19N3O. The van der Waals surface area contributed by atoms with E-state index in [-0.39, 0.29) is 12.0 Å². The van der Waals surface area contributed by atoms with Crippen molar-refractivity contribution in [3.63, 3.8) is 0 Å². The Balaban J connectivity index is 2.08. The van der Waals surface area contributed by atoms with Crippen molar-refractivity contribution in [2.75, 3.05) is 26.2 Å². The van der Waals surface area contributed by atoms with E-state index in [0.29, 0.717) is 0 Å². The van der Waals surface area contributed by atoms with Crippen LogP contribution >= 0.6 is 0 Å². The van der Waals surface area contributed by atoms with Gasteiger partial charge < -0.3 is 10.0 Å². The van der Waals surface area contributed by atoms with Crippen molar-refractivity contribution in [2.24, 2.45) is 0 Å². The highest BCUT2D eigenvalue weighted by Gasteiger charge is 2.33. The number of aromatic amines is 1. The Morgan fingerprint density at radius 2 is 2.53 bits per heavy atom. The summed E-state index contributed by atoms with van der Waals surface area (Å²) in [6, 6.07) is 2.06. The van der Waals surface area contributed by atoms with Crippen molar-refractivity contribution in [1.29, 1.82) is 0 Å². The van der Waals surface area contributed by atoms with Crippen molar-refractivity contribution in [1.82, 2.24) is 15.1 Å². The van der Waals surface area contributed by atoms with E-state index in [9.17, 15) is 0 Å². The first-order valence-electron chi connectivity index (χ1n) is 5.58. The highest BCUT2D eigenvalue weighted by atomic mass is 16.3. The fraction of sp³-hybridized carbons (Fsp3) is 0.727. The summed E-state index contributed by atoms with van der Waals surface area (Å²) < 4.78 is 0. The maximum Gasteiger partial charge on any atom is 0.0558 e. The van der Waals surface area contributed by atoms with Crippen molar-refractivity contribution < 1.29 is 5.11 Å². The first-order chi connectivity index (χ1) is 7.24. The van der Waals surface area contributed by atoms with E-state index in [1.54, 1.807) is 0 Å². The first kappa shape index (κ1) is 10.6. The second kappa shape index (κ2) is 4.33. The molecule has 84 valence electrons. The van der Waals surface area contributed by atoms with Crippen LogP contribution in [0.15, 0.2) is 12.3 Å². The van der Waals surface area contributed by atoms with Crippen molar-refractivity contribution in [2.45, 2.75) is 25.2 Å². The van der Waals surface area contributed by atoms with Crippen LogP contribution in [-0.4, -0.2) is 46.4 Å². The molecular weight excluding hydrogens is 190 g/mol. The first-order valence-corrected chi connectivity index (χ1v) is 5.58. The van der Waals surface area contributed by atoms with Gasteiger partial charge >= 0.3 is 0 Å². The number of nitrogens with one attached hydrogen (secondary N) is 1. The van der Waals surface area contributed by atoms with Crippen LogP contribution in [0.2, 0.25) is 0 Å². The number of hydrogen-bond acceptors (Lipinski definition) is 3. The van der Waals surface area contributed by atoms with E-state index in [0.717, 1.165) is 19.6 Å². The molecule has 0 saturated carbocycles. The van der Waals surface area contributed by atoms with Gasteiger partial charge in [0.1, 0.15) is 0 Å². The summed E-state index contributed by atoms with van der Waals surface area (Å²) in [6.07, 6.45) is 4.19. The van der Waals surface area contributed by atoms with Crippen molar-refractivity contribution in [3.05, 3.63) is 18.0 Å². The largest absolute Gasteiger partial charge is 0.395 e. The molecule has 0 spiro atoms. The zero-order valence-electron chi connectivity index (χ0n) is 9.24. The van der Waals surface area contributed by atoms with Gasteiger partial charge in [-0.3, -0.25) is 5.10 Å². The molecule has 2 rings (SSSR count). The second-order valence-corrected chi connectivity index (χ2v) is 4.63. The van der Waals surface area contributed by atoms with Gasteiger partial charge in [-0.2, -0.15) is 5.10 Å². The average molecular weight is 209 g/mol. The van der Waals surface area contributed by atoms with E-state index < -0.39 is 0 Å². The molecule has 1 fully saturated rings. The number of piperidine rings is 1. The molecule has 1 saturated heterocycles. The predicted molar refractivity (Wildman–Crippen MR) is 58.7 cm³/mol. The lowest BCUT2D eigenvalue weighted by atomic mass is 9.79. The van der Waals surface area contributed by atoms with Gasteiger partial charge in [0, 0.05) is 30.4 Å². The lowest BCUT2D eigenvalue weighted by molar-refractivity contribution is 0.126. The number of aliphatic hydroxyl groups excluding tert-OH is 1. The SMILES string of the molecule is CC1(c2ccn[nH]2)CCCN(CCO)C1. The average Bonchev–Trinajstić information content (AvgIpc) is 2.71. The minimum atomic E-state index is 0.171. The Hall–Kier alpha value is -0.870. The molecule has 1 aromatic rings. The van der Waals surface area contributed by atoms with Crippen LogP contribution in [0.1, 0.15) is 25.5 Å². The lowest BCUT2D eigenvalue weighted by Gasteiger charge is -2.39. The minimum Gasteiger partial charge on any atom is -0.395 e. The van der Waals surface area contributed by atoms with Gasteiger partial charge in [0.2, 0.25) is 0 Å². The number of rotatable bonds is 3. The normalized spacial score (nSPS) is 28.1. The molecule has 0 radical (unpaired) electrons. The van der Waals surface area contributed by atoms with E-state index in [1.165, 1.54) is 18.5 Å². The van der Waals surface area contributed by atoms with E-state index in [2.05, 4.69) is 28.1 Å². The molecule has 0 amide bonds. The quantitative estimate of drug-likeness (QED) is 0.772. The molecule has 1 unspecified atom stereocenters. The van der Waals surface area contributed by atoms with Gasteiger partial charge in [0.15, 0.2) is 0 Å². The summed E-state index contributed by atoms with van der Waals surface area (Å²) in [5.74, 6) is 0. The number of hydrogen-bond donors (Lipinski definition) is 2. The summed E-state index contributed by atoms with van der Waals surface area (Å²) in [6.45, 7) is 5.41. The summed E-state index contributed by atoms with van der Waals surface area (Å²) in [4.78, 5) is 2.32. The standard InChI is InChI=1S/C11H19N3O/c1-11(10-3-5-12-13-10)4-2-6-14(9-11)7-8-15/h3,5,15H,2,4,6-9H2,1H3,(H,12,13). The Morgan fingerprint density at radius 3 is 3.20 bits per heavy atom. The molecule has 0 aromatic carbocycles. The predicted octanol–water partition coefficient (Wildman–Crippen LogP) is 0.755. The maximum absolute atomic E-state index is 8.96. The molecule has 1 aromatic heterocycles. The molecule has 1 atom stereocenters. The topological polar surface area (TPSA) is 52.2 Å². The van der Waals surface area contributed by atoms with Crippen LogP contribution in [-0.2, 0) is 5.41 Å². The molecule has 1 aliphatic heterocycles. The molecule has 0 aliphatic carbocycles. The molecule has 4 heteroatoms. The smallest absolute Gasteiger partial charge is 0.0558 e. The number of β-amino-alcohol motifs (C(OH)–C–C–N with tert-alkyl or cyclic N) is 1. The monoisotopic (exact) mass is 209 g/mol. The van der Waals surface area contributed by atoms with Gasteiger partial charge in [-0.15, -0.1) is 0 Å². The highest BCUT2D eigenvalue weighted by molar-refractivity contribution is 5.15. The van der Waals surface area contributed by atoms with Gasteiger partial charge in [-0.1, -0.05) is 6.92 Å². The zero-order chi connectivity index (χ0) is 10.7. The molecule has 2 N–H and O–H groups in total. The van der Waals surface area contributed by atoms with Gasteiger partial charge in [-0.05, 0) is 25.5 Å². The van der Waals surface area contributed by atoms with Crippen LogP contribution in [0.3, 0.4) is 0 Å². The molecule has 4 nitrogen and oxygen atoms in total. The summed E-state index contributed by atoms with van der Waals surface area (Å²) in [5, 5.41) is 16.0. The summed E-state index contributed by atoms with van der Waals surface area (Å²) in [7, 11) is 0. The van der Waals surface area contributed by atoms with E-state index in [4.69, 9.17) is 5.11 Å². The fourth-order valence-corrected chi connectivity index (χ4v) is 2.49. The molecule has 15 heavy (non-hydrogen) atoms. The van der Waals surface area contributed by atoms with E-state index >= 15 is 0 Å². The molecule has 0 bridgehead atoms. The number of aromatic nitrogens is 2. The van der Waals surface area contributed by atoms with Gasteiger partial charge in [0.05, 0.1) is 6.61 Å². The summed E-state index contributed by atoms with van der Waals surface area (Å²) in [5.41, 5.74) is 1.38. The lowest BCUT2D eigenvalue weighted by Crippen LogP contribution is -2.45. The third-order valence-corrected chi connectivity index (χ3v) is 3.34. The second-order valence-electron chi connectivity index (χ2n) is 4.63. The van der Waals surface area contributed by atoms with Crippen molar-refractivity contribution >= 4 is 0 Å². The van der Waals surface area contributed by atoms with Crippen LogP contribution in [0.25, 0.3) is 0 Å². The van der Waals surface area contributed by atoms with E-state index in [1.807, 2.05) is 6.20 Å². The van der Waals surface area contributed by atoms with Gasteiger partial charge in [-0.25, -0.2) is 0 Å².